The first kappa shape index (κ1) is 13.8. The maximum atomic E-state index is 6.15. The number of halogens is 2. The van der Waals surface area contributed by atoms with E-state index in [1.165, 1.54) is 0 Å². The molecule has 2 rings (SSSR count). The van der Waals surface area contributed by atoms with Crippen LogP contribution in [0.4, 0.5) is 0 Å². The van der Waals surface area contributed by atoms with Crippen molar-refractivity contribution >= 4 is 34.2 Å². The number of rotatable bonds is 4. The molecule has 1 atom stereocenters. The van der Waals surface area contributed by atoms with Crippen LogP contribution in [0.2, 0.25) is 5.02 Å². The van der Waals surface area contributed by atoms with Crippen molar-refractivity contribution in [1.29, 1.82) is 0 Å². The van der Waals surface area contributed by atoms with Gasteiger partial charge in [0.25, 0.3) is 0 Å². The van der Waals surface area contributed by atoms with Crippen molar-refractivity contribution in [2.24, 2.45) is 7.05 Å². The Kier molecular flexibility index (Phi) is 4.58. The lowest BCUT2D eigenvalue weighted by Crippen LogP contribution is -2.19. The number of benzene rings is 1. The fourth-order valence-electron chi connectivity index (χ4n) is 1.81. The number of nitrogens with one attached hydrogen (secondary N) is 1. The van der Waals surface area contributed by atoms with Crippen LogP contribution < -0.4 is 5.32 Å². The quantitative estimate of drug-likeness (QED) is 0.834. The molecular weight excluding hydrogens is 363 g/mol. The van der Waals surface area contributed by atoms with E-state index in [4.69, 9.17) is 11.6 Å². The second-order valence-corrected chi connectivity index (χ2v) is 5.67. The van der Waals surface area contributed by atoms with Gasteiger partial charge < -0.3 is 5.32 Å². The number of nitrogens with zero attached hydrogens (tertiary/aromatic N) is 3. The summed E-state index contributed by atoms with van der Waals surface area (Å²) in [4.78, 5) is 0. The van der Waals surface area contributed by atoms with Crippen LogP contribution >= 0.6 is 34.2 Å². The number of hydrogen-bond acceptors (Lipinski definition) is 3. The summed E-state index contributed by atoms with van der Waals surface area (Å²) in [6, 6.07) is 6.31. The summed E-state index contributed by atoms with van der Waals surface area (Å²) in [6.07, 6.45) is 2.72. The van der Waals surface area contributed by atoms with Crippen LogP contribution in [0.25, 0.3) is 0 Å². The average molecular weight is 377 g/mol. The summed E-state index contributed by atoms with van der Waals surface area (Å²) in [7, 11) is 3.81. The van der Waals surface area contributed by atoms with Crippen molar-refractivity contribution in [2.45, 2.75) is 12.5 Å². The fourth-order valence-corrected chi connectivity index (χ4v) is 2.34. The van der Waals surface area contributed by atoms with Crippen LogP contribution in [0, 0.1) is 3.57 Å². The summed E-state index contributed by atoms with van der Waals surface area (Å²) in [5.74, 6) is 0. The van der Waals surface area contributed by atoms with Gasteiger partial charge in [-0.05, 0) is 47.3 Å². The highest BCUT2D eigenvalue weighted by molar-refractivity contribution is 14.1. The first-order valence-electron chi connectivity index (χ1n) is 5.57. The van der Waals surface area contributed by atoms with Crippen molar-refractivity contribution in [3.8, 4) is 0 Å². The number of aryl methyl sites for hydroxylation is 1. The molecule has 0 radical (unpaired) electrons. The van der Waals surface area contributed by atoms with E-state index in [0.29, 0.717) is 0 Å². The highest BCUT2D eigenvalue weighted by Crippen LogP contribution is 2.24. The average Bonchev–Trinajstić information content (AvgIpc) is 2.75. The zero-order valence-corrected chi connectivity index (χ0v) is 13.1. The molecule has 1 N–H and O–H groups in total. The molecular formula is C12H14ClIN4. The minimum absolute atomic E-state index is 0.191. The third-order valence-corrected chi connectivity index (χ3v) is 4.33. The van der Waals surface area contributed by atoms with Crippen LogP contribution in [0.5, 0.6) is 0 Å². The molecule has 1 unspecified atom stereocenters. The molecule has 0 saturated carbocycles. The van der Waals surface area contributed by atoms with Gasteiger partial charge in [-0.1, -0.05) is 22.9 Å². The molecule has 6 heteroatoms. The normalized spacial score (nSPS) is 12.7. The second-order valence-electron chi connectivity index (χ2n) is 4.10. The van der Waals surface area contributed by atoms with Crippen molar-refractivity contribution in [3.05, 3.63) is 44.2 Å². The van der Waals surface area contributed by atoms with Gasteiger partial charge in [-0.2, -0.15) is 0 Å². The summed E-state index contributed by atoms with van der Waals surface area (Å²) in [6.45, 7) is 0. The Morgan fingerprint density at radius 2 is 2.28 bits per heavy atom. The molecule has 2 aromatic rings. The van der Waals surface area contributed by atoms with Gasteiger partial charge in [0.1, 0.15) is 0 Å². The lowest BCUT2D eigenvalue weighted by atomic mass is 10.0. The highest BCUT2D eigenvalue weighted by Gasteiger charge is 2.13. The molecule has 1 aromatic heterocycles. The van der Waals surface area contributed by atoms with Crippen LogP contribution in [-0.4, -0.2) is 22.0 Å². The largest absolute Gasteiger partial charge is 0.313 e. The van der Waals surface area contributed by atoms with Gasteiger partial charge in [0, 0.05) is 29.3 Å². The SMILES string of the molecule is CNC(Cc1cn(C)nn1)c1ccc(I)c(Cl)c1. The van der Waals surface area contributed by atoms with E-state index in [1.807, 2.05) is 32.4 Å². The standard InChI is InChI=1S/C12H14ClIN4/c1-15-12(6-9-7-18(2)17-16-9)8-3-4-11(14)10(13)5-8/h3-5,7,12,15H,6H2,1-2H3. The topological polar surface area (TPSA) is 42.7 Å². The molecule has 4 nitrogen and oxygen atoms in total. The van der Waals surface area contributed by atoms with Gasteiger partial charge in [-0.25, -0.2) is 0 Å². The van der Waals surface area contributed by atoms with Gasteiger partial charge in [0.15, 0.2) is 0 Å². The number of likely N-dealkylation sites (N-methyl/N-ethyl adjacent to an activating group) is 1. The molecule has 0 bridgehead atoms. The molecule has 0 aliphatic heterocycles. The number of hydrogen-bond donors (Lipinski definition) is 1. The predicted molar refractivity (Wildman–Crippen MR) is 80.7 cm³/mol. The Hall–Kier alpha value is -0.660. The van der Waals surface area contributed by atoms with Crippen molar-refractivity contribution in [1.82, 2.24) is 20.3 Å². The van der Waals surface area contributed by atoms with Crippen LogP contribution in [0.15, 0.2) is 24.4 Å². The van der Waals surface area contributed by atoms with E-state index in [1.54, 1.807) is 4.68 Å². The zero-order valence-electron chi connectivity index (χ0n) is 10.2. The summed E-state index contributed by atoms with van der Waals surface area (Å²) < 4.78 is 2.77. The molecule has 0 aliphatic rings. The molecule has 96 valence electrons. The molecule has 1 heterocycles. The Labute approximate surface area is 125 Å². The fraction of sp³-hybridized carbons (Fsp3) is 0.333. The number of aromatic nitrogens is 3. The predicted octanol–water partition coefficient (Wildman–Crippen LogP) is 2.58. The maximum Gasteiger partial charge on any atom is 0.0845 e. The lowest BCUT2D eigenvalue weighted by Gasteiger charge is -2.15. The molecule has 1 aromatic carbocycles. The Bertz CT molecular complexity index is 541. The van der Waals surface area contributed by atoms with Gasteiger partial charge in [0.2, 0.25) is 0 Å². The monoisotopic (exact) mass is 376 g/mol. The molecule has 0 amide bonds. The Morgan fingerprint density at radius 1 is 1.50 bits per heavy atom. The first-order valence-corrected chi connectivity index (χ1v) is 7.03. The van der Waals surface area contributed by atoms with Crippen molar-refractivity contribution in [3.63, 3.8) is 0 Å². The minimum atomic E-state index is 0.191. The summed E-state index contributed by atoms with van der Waals surface area (Å²) >= 11 is 8.38. The van der Waals surface area contributed by atoms with Crippen LogP contribution in [0.1, 0.15) is 17.3 Å². The lowest BCUT2D eigenvalue weighted by molar-refractivity contribution is 0.583. The molecule has 0 fully saturated rings. The first-order chi connectivity index (χ1) is 8.60. The van der Waals surface area contributed by atoms with Gasteiger partial charge in [0.05, 0.1) is 10.7 Å². The molecule has 0 aliphatic carbocycles. The smallest absolute Gasteiger partial charge is 0.0845 e. The highest BCUT2D eigenvalue weighted by atomic mass is 127. The minimum Gasteiger partial charge on any atom is -0.313 e. The molecule has 18 heavy (non-hydrogen) atoms. The van der Waals surface area contributed by atoms with Crippen LogP contribution in [-0.2, 0) is 13.5 Å². The third kappa shape index (κ3) is 3.21. The van der Waals surface area contributed by atoms with Crippen LogP contribution in [0.3, 0.4) is 0 Å². The van der Waals surface area contributed by atoms with E-state index in [2.05, 4.69) is 44.3 Å². The van der Waals surface area contributed by atoms with Crippen molar-refractivity contribution in [2.75, 3.05) is 7.05 Å². The van der Waals surface area contributed by atoms with E-state index < -0.39 is 0 Å². The van der Waals surface area contributed by atoms with Crippen molar-refractivity contribution < 1.29 is 0 Å². The van der Waals surface area contributed by atoms with E-state index in [0.717, 1.165) is 26.3 Å². The molecule has 0 saturated heterocycles. The summed E-state index contributed by atoms with van der Waals surface area (Å²) in [5, 5.41) is 12.1. The summed E-state index contributed by atoms with van der Waals surface area (Å²) in [5.41, 5.74) is 2.13. The Morgan fingerprint density at radius 3 is 2.83 bits per heavy atom. The third-order valence-electron chi connectivity index (χ3n) is 2.76. The van der Waals surface area contributed by atoms with E-state index >= 15 is 0 Å². The zero-order chi connectivity index (χ0) is 13.1. The molecule has 0 spiro atoms. The van der Waals surface area contributed by atoms with Gasteiger partial charge in [-0.15, -0.1) is 5.10 Å². The van der Waals surface area contributed by atoms with Gasteiger partial charge in [-0.3, -0.25) is 4.68 Å². The second kappa shape index (κ2) is 5.99. The van der Waals surface area contributed by atoms with E-state index in [9.17, 15) is 0 Å². The maximum absolute atomic E-state index is 6.15. The van der Waals surface area contributed by atoms with Gasteiger partial charge >= 0.3 is 0 Å². The Balaban J connectivity index is 2.19. The van der Waals surface area contributed by atoms with E-state index in [-0.39, 0.29) is 6.04 Å².